The van der Waals surface area contributed by atoms with Crippen LogP contribution in [0.3, 0.4) is 0 Å². The van der Waals surface area contributed by atoms with Gasteiger partial charge in [0.1, 0.15) is 11.6 Å². The van der Waals surface area contributed by atoms with Crippen molar-refractivity contribution in [1.29, 1.82) is 0 Å². The molecule has 4 rings (SSSR count). The molecule has 2 aromatic carbocycles. The molecule has 2 aliphatic rings. The lowest BCUT2D eigenvalue weighted by Gasteiger charge is -2.17. The van der Waals surface area contributed by atoms with Crippen molar-refractivity contribution in [2.75, 3.05) is 31.2 Å². The normalized spacial score (nSPS) is 16.8. The Morgan fingerprint density at radius 2 is 2.00 bits per heavy atom. The summed E-state index contributed by atoms with van der Waals surface area (Å²) in [6.07, 6.45) is 0.153. The van der Waals surface area contributed by atoms with E-state index in [1.807, 2.05) is 50.2 Å². The minimum atomic E-state index is -1.08. The van der Waals surface area contributed by atoms with Gasteiger partial charge < -0.3 is 19.9 Å². The van der Waals surface area contributed by atoms with Crippen LogP contribution in [0.1, 0.15) is 36.8 Å². The summed E-state index contributed by atoms with van der Waals surface area (Å²) in [5, 5.41) is 12.0. The first-order chi connectivity index (χ1) is 16.0. The molecule has 2 heterocycles. The van der Waals surface area contributed by atoms with E-state index in [9.17, 15) is 9.59 Å². The number of benzene rings is 2. The summed E-state index contributed by atoms with van der Waals surface area (Å²) >= 11 is 1.20. The lowest BCUT2D eigenvalue weighted by atomic mass is 10.1. The Morgan fingerprint density at radius 3 is 2.76 bits per heavy atom. The Labute approximate surface area is 195 Å². The number of hydrogen-bond donors (Lipinski definition) is 2. The predicted octanol–water partition coefficient (Wildman–Crippen LogP) is 3.76. The first-order valence-corrected chi connectivity index (χ1v) is 11.5. The summed E-state index contributed by atoms with van der Waals surface area (Å²) in [5.74, 6) is 0.246. The number of rotatable bonds is 8. The Morgan fingerprint density at radius 1 is 1.21 bits per heavy atom. The highest BCUT2D eigenvalue weighted by molar-refractivity contribution is 8.10. The predicted molar refractivity (Wildman–Crippen MR) is 125 cm³/mol. The molecule has 2 amide bonds. The Hall–Kier alpha value is -3.24. The molecular formula is C23H25N3O6S. The van der Waals surface area contributed by atoms with E-state index in [1.54, 1.807) is 4.90 Å². The molecule has 0 saturated carbocycles. The molecule has 0 radical (unpaired) electrons. The number of carboxylic acid groups (broad SMARTS) is 1. The standard InChI is InChI=1S/C23H25N3O6S/c1-3-30-18-9-8-14(12-19(18)31-4-2)21-25-22(33-32-21)16-6-5-7-17-15(16)10-11-26(17)23(29)24-13-20(27)28/h5-9,12,21H,3-4,10-11,13H2,1-2H3,(H,24,29)(H,27,28). The lowest BCUT2D eigenvalue weighted by Crippen LogP contribution is -2.41. The summed E-state index contributed by atoms with van der Waals surface area (Å²) in [5.41, 5.74) is 3.50. The zero-order valence-electron chi connectivity index (χ0n) is 18.4. The van der Waals surface area contributed by atoms with Crippen LogP contribution in [0.4, 0.5) is 10.5 Å². The first kappa shape index (κ1) is 22.9. The molecule has 174 valence electrons. The average Bonchev–Trinajstić information content (AvgIpc) is 3.46. The van der Waals surface area contributed by atoms with Crippen LogP contribution >= 0.6 is 12.0 Å². The number of amides is 2. The molecule has 0 fully saturated rings. The van der Waals surface area contributed by atoms with Crippen LogP contribution in [-0.2, 0) is 15.4 Å². The van der Waals surface area contributed by atoms with Crippen molar-refractivity contribution < 1.29 is 28.4 Å². The monoisotopic (exact) mass is 471 g/mol. The van der Waals surface area contributed by atoms with E-state index in [0.29, 0.717) is 37.7 Å². The maximum absolute atomic E-state index is 12.4. The van der Waals surface area contributed by atoms with Crippen LogP contribution in [0.2, 0.25) is 0 Å². The van der Waals surface area contributed by atoms with E-state index in [4.69, 9.17) is 23.8 Å². The Bertz CT molecular complexity index is 1090. The van der Waals surface area contributed by atoms with Crippen LogP contribution in [0, 0.1) is 0 Å². The highest BCUT2D eigenvalue weighted by atomic mass is 32.2. The van der Waals surface area contributed by atoms with Crippen LogP contribution < -0.4 is 19.7 Å². The van der Waals surface area contributed by atoms with Crippen molar-refractivity contribution in [2.24, 2.45) is 4.99 Å². The number of carbonyl (C=O) groups is 2. The lowest BCUT2D eigenvalue weighted by molar-refractivity contribution is -0.135. The van der Waals surface area contributed by atoms with Gasteiger partial charge in [-0.1, -0.05) is 18.2 Å². The average molecular weight is 472 g/mol. The van der Waals surface area contributed by atoms with Gasteiger partial charge >= 0.3 is 12.0 Å². The second-order valence-corrected chi connectivity index (χ2v) is 8.04. The topological polar surface area (TPSA) is 110 Å². The van der Waals surface area contributed by atoms with Crippen molar-refractivity contribution in [2.45, 2.75) is 26.5 Å². The van der Waals surface area contributed by atoms with Gasteiger partial charge in [0, 0.05) is 23.4 Å². The summed E-state index contributed by atoms with van der Waals surface area (Å²) in [7, 11) is 0. The van der Waals surface area contributed by atoms with Crippen LogP contribution in [0.15, 0.2) is 41.4 Å². The maximum atomic E-state index is 12.4. The number of anilines is 1. The minimum Gasteiger partial charge on any atom is -0.490 e. The molecule has 2 N–H and O–H groups in total. The third-order valence-corrected chi connectivity index (χ3v) is 5.96. The number of aliphatic carboxylic acids is 1. The fourth-order valence-electron chi connectivity index (χ4n) is 3.80. The van der Waals surface area contributed by atoms with Crippen LogP contribution in [0.5, 0.6) is 11.5 Å². The number of urea groups is 1. The quantitative estimate of drug-likeness (QED) is 0.564. The Balaban J connectivity index is 1.57. The molecule has 0 aliphatic carbocycles. The van der Waals surface area contributed by atoms with Gasteiger partial charge in [0.15, 0.2) is 17.7 Å². The van der Waals surface area contributed by atoms with Gasteiger partial charge in [-0.25, -0.2) is 9.79 Å². The van der Waals surface area contributed by atoms with Crippen molar-refractivity contribution in [1.82, 2.24) is 5.32 Å². The highest BCUT2D eigenvalue weighted by Gasteiger charge is 2.31. The molecule has 0 aromatic heterocycles. The number of nitrogens with zero attached hydrogens (tertiary/aromatic N) is 2. The van der Waals surface area contributed by atoms with Crippen molar-refractivity contribution in [3.8, 4) is 11.5 Å². The van der Waals surface area contributed by atoms with E-state index in [0.717, 1.165) is 27.4 Å². The number of carboxylic acids is 1. The molecule has 0 saturated heterocycles. The number of nitrogens with one attached hydrogen (secondary N) is 1. The summed E-state index contributed by atoms with van der Waals surface area (Å²) < 4.78 is 17.2. The second-order valence-electron chi connectivity index (χ2n) is 7.30. The number of carbonyl (C=O) groups excluding carboxylic acids is 1. The van der Waals surface area contributed by atoms with E-state index in [1.165, 1.54) is 12.0 Å². The number of aliphatic imine (C=N–C) groups is 1. The van der Waals surface area contributed by atoms with E-state index < -0.39 is 24.8 Å². The fourth-order valence-corrected chi connectivity index (χ4v) is 4.56. The summed E-state index contributed by atoms with van der Waals surface area (Å²) in [6, 6.07) is 10.9. The molecule has 0 bridgehead atoms. The van der Waals surface area contributed by atoms with Crippen molar-refractivity contribution >= 4 is 34.8 Å². The zero-order chi connectivity index (χ0) is 23.4. The van der Waals surface area contributed by atoms with Crippen molar-refractivity contribution in [3.05, 3.63) is 53.1 Å². The molecule has 10 heteroatoms. The number of ether oxygens (including phenoxy) is 2. The van der Waals surface area contributed by atoms with Gasteiger partial charge in [-0.15, -0.1) is 0 Å². The van der Waals surface area contributed by atoms with Gasteiger partial charge in [0.25, 0.3) is 0 Å². The van der Waals surface area contributed by atoms with Gasteiger partial charge in [-0.05, 0) is 44.0 Å². The number of hydrogen-bond acceptors (Lipinski definition) is 7. The van der Waals surface area contributed by atoms with Gasteiger partial charge in [-0.2, -0.15) is 0 Å². The van der Waals surface area contributed by atoms with Gasteiger partial charge in [-0.3, -0.25) is 13.9 Å². The third kappa shape index (κ3) is 4.91. The van der Waals surface area contributed by atoms with Crippen molar-refractivity contribution in [3.63, 3.8) is 0 Å². The smallest absolute Gasteiger partial charge is 0.323 e. The van der Waals surface area contributed by atoms with Crippen LogP contribution in [0.25, 0.3) is 0 Å². The summed E-state index contributed by atoms with van der Waals surface area (Å²) in [6.45, 7) is 4.95. The third-order valence-electron chi connectivity index (χ3n) is 5.20. The SMILES string of the molecule is CCOc1ccc(C2N=C(c3cccc4c3CCN4C(=O)NCC(=O)O)SO2)cc1OCC. The van der Waals surface area contributed by atoms with E-state index in [-0.39, 0.29) is 0 Å². The van der Waals surface area contributed by atoms with Gasteiger partial charge in [0.05, 0.1) is 25.3 Å². The summed E-state index contributed by atoms with van der Waals surface area (Å²) in [4.78, 5) is 29.5. The van der Waals surface area contributed by atoms with Gasteiger partial charge in [0.2, 0.25) is 0 Å². The largest absolute Gasteiger partial charge is 0.490 e. The highest BCUT2D eigenvalue weighted by Crippen LogP contribution is 2.41. The number of fused-ring (bicyclic) bond motifs is 1. The maximum Gasteiger partial charge on any atom is 0.323 e. The Kier molecular flexibility index (Phi) is 7.05. The molecule has 1 atom stereocenters. The molecular weight excluding hydrogens is 446 g/mol. The minimum absolute atomic E-state index is 0.422. The fraction of sp³-hybridized carbons (Fsp3) is 0.348. The van der Waals surface area contributed by atoms with Crippen LogP contribution in [-0.4, -0.2) is 48.5 Å². The van der Waals surface area contributed by atoms with E-state index >= 15 is 0 Å². The molecule has 33 heavy (non-hydrogen) atoms. The molecule has 2 aliphatic heterocycles. The molecule has 0 spiro atoms. The zero-order valence-corrected chi connectivity index (χ0v) is 19.2. The van der Waals surface area contributed by atoms with E-state index in [2.05, 4.69) is 5.32 Å². The second kappa shape index (κ2) is 10.1. The first-order valence-electron chi connectivity index (χ1n) is 10.7. The molecule has 2 aromatic rings. The molecule has 9 nitrogen and oxygen atoms in total. The molecule has 1 unspecified atom stereocenters.